The third-order valence-electron chi connectivity index (χ3n) is 5.06. The molecule has 5 nitrogen and oxygen atoms in total. The summed E-state index contributed by atoms with van der Waals surface area (Å²) in [5.74, 6) is 0.549. The zero-order valence-corrected chi connectivity index (χ0v) is 18.0. The summed E-state index contributed by atoms with van der Waals surface area (Å²) < 4.78 is 1.78. The van der Waals surface area contributed by atoms with Gasteiger partial charge >= 0.3 is 0 Å². The Morgan fingerprint density at radius 1 is 1.11 bits per heavy atom. The van der Waals surface area contributed by atoms with Crippen LogP contribution in [-0.2, 0) is 4.79 Å². The predicted octanol–water partition coefficient (Wildman–Crippen LogP) is 4.91. The summed E-state index contributed by atoms with van der Waals surface area (Å²) in [4.78, 5) is 19.2. The summed E-state index contributed by atoms with van der Waals surface area (Å²) in [6.07, 6.45) is 3.63. The minimum atomic E-state index is -0.451. The van der Waals surface area contributed by atoms with Crippen LogP contribution in [-0.4, -0.2) is 10.8 Å². The van der Waals surface area contributed by atoms with Gasteiger partial charge in [0.05, 0.1) is 17.6 Å². The molecule has 0 fully saturated rings. The summed E-state index contributed by atoms with van der Waals surface area (Å²) >= 11 is 6.83. The Kier molecular flexibility index (Phi) is 5.09. The van der Waals surface area contributed by atoms with E-state index >= 15 is 0 Å². The number of benzene rings is 1. The van der Waals surface area contributed by atoms with Gasteiger partial charge in [-0.15, -0.1) is 0 Å². The number of Topliss-reactive ketones (excluding diaryl/α,β-unsaturated/α-hetero) is 1. The van der Waals surface area contributed by atoms with Gasteiger partial charge in [-0.2, -0.15) is 5.26 Å². The van der Waals surface area contributed by atoms with Crippen LogP contribution in [0.4, 0.5) is 5.82 Å². The molecule has 1 aromatic heterocycles. The van der Waals surface area contributed by atoms with E-state index in [1.165, 1.54) is 0 Å². The number of aromatic nitrogens is 1. The Labute approximate surface area is 179 Å². The molecule has 1 atom stereocenters. The fraction of sp³-hybridized carbons (Fsp3) is 0.190. The number of hydrogen-bond acceptors (Lipinski definition) is 5. The van der Waals surface area contributed by atoms with Crippen molar-refractivity contribution in [1.29, 1.82) is 5.26 Å². The second kappa shape index (κ2) is 7.53. The van der Waals surface area contributed by atoms with Crippen molar-refractivity contribution in [3.8, 4) is 6.07 Å². The quantitative estimate of drug-likeness (QED) is 0.634. The number of halogens is 2. The number of carbonyl (C=O) groups excluding carboxylic acids is 1. The van der Waals surface area contributed by atoms with Gasteiger partial charge in [0.2, 0.25) is 0 Å². The van der Waals surface area contributed by atoms with Gasteiger partial charge in [-0.05, 0) is 58.6 Å². The topological polar surface area (TPSA) is 83.0 Å². The molecule has 0 unspecified atom stereocenters. The number of nitriles is 1. The standard InChI is InChI=1S/C21H16Br2N4O/c22-13-6-4-12(5-7-13)19-15(10-24)21(25)27(18-9-8-14(23)11-26-18)16-2-1-3-17(28)20(16)19/h4-9,11,19H,1-3,25H2/t19-/m1/s1. The number of nitrogens with zero attached hydrogens (tertiary/aromatic N) is 3. The van der Waals surface area contributed by atoms with Crippen LogP contribution in [0.25, 0.3) is 0 Å². The minimum absolute atomic E-state index is 0.0662. The number of pyridine rings is 1. The molecule has 2 aliphatic rings. The monoisotopic (exact) mass is 498 g/mol. The lowest BCUT2D eigenvalue weighted by molar-refractivity contribution is -0.116. The smallest absolute Gasteiger partial charge is 0.161 e. The highest BCUT2D eigenvalue weighted by molar-refractivity contribution is 9.10. The molecule has 2 heterocycles. The normalized spacial score (nSPS) is 19.5. The van der Waals surface area contributed by atoms with Crippen molar-refractivity contribution in [2.75, 3.05) is 4.90 Å². The Morgan fingerprint density at radius 2 is 1.82 bits per heavy atom. The summed E-state index contributed by atoms with van der Waals surface area (Å²) in [6, 6.07) is 13.6. The van der Waals surface area contributed by atoms with Gasteiger partial charge in [-0.1, -0.05) is 28.1 Å². The minimum Gasteiger partial charge on any atom is -0.384 e. The van der Waals surface area contributed by atoms with E-state index in [0.29, 0.717) is 35.6 Å². The maximum absolute atomic E-state index is 13.0. The van der Waals surface area contributed by atoms with Crippen LogP contribution in [0.15, 0.2) is 74.2 Å². The van der Waals surface area contributed by atoms with Gasteiger partial charge in [-0.25, -0.2) is 4.98 Å². The summed E-state index contributed by atoms with van der Waals surface area (Å²) in [7, 11) is 0. The Balaban J connectivity index is 1.95. The molecule has 0 spiro atoms. The molecule has 140 valence electrons. The van der Waals surface area contributed by atoms with Crippen LogP contribution in [0.2, 0.25) is 0 Å². The molecule has 0 saturated carbocycles. The molecule has 0 amide bonds. The molecule has 7 heteroatoms. The number of hydrogen-bond donors (Lipinski definition) is 1. The van der Waals surface area contributed by atoms with Crippen LogP contribution in [0, 0.1) is 11.3 Å². The molecule has 1 aromatic carbocycles. The average Bonchev–Trinajstić information content (AvgIpc) is 2.69. The number of carbonyl (C=O) groups is 1. The van der Waals surface area contributed by atoms with Crippen molar-refractivity contribution in [2.45, 2.75) is 25.2 Å². The molecule has 2 aromatic rings. The predicted molar refractivity (Wildman–Crippen MR) is 114 cm³/mol. The lowest BCUT2D eigenvalue weighted by Crippen LogP contribution is -2.39. The molecule has 1 aliphatic carbocycles. The SMILES string of the molecule is N#CC1=C(N)N(c2ccc(Br)cn2)C2=C(C(=O)CCC2)[C@@H]1c1ccc(Br)cc1. The third-order valence-corrected chi connectivity index (χ3v) is 6.06. The Hall–Kier alpha value is -2.43. The van der Waals surface area contributed by atoms with E-state index in [0.717, 1.165) is 26.6 Å². The Bertz CT molecular complexity index is 1050. The maximum atomic E-state index is 13.0. The van der Waals surface area contributed by atoms with E-state index < -0.39 is 5.92 Å². The Morgan fingerprint density at radius 3 is 2.46 bits per heavy atom. The second-order valence-electron chi connectivity index (χ2n) is 6.70. The third kappa shape index (κ3) is 3.17. The molecule has 1 aliphatic heterocycles. The fourth-order valence-corrected chi connectivity index (χ4v) is 4.34. The molecular weight excluding hydrogens is 484 g/mol. The highest BCUT2D eigenvalue weighted by atomic mass is 79.9. The van der Waals surface area contributed by atoms with E-state index in [1.807, 2.05) is 36.4 Å². The van der Waals surface area contributed by atoms with Crippen molar-refractivity contribution in [2.24, 2.45) is 5.73 Å². The van der Waals surface area contributed by atoms with Gasteiger partial charge in [0.1, 0.15) is 11.6 Å². The highest BCUT2D eigenvalue weighted by Crippen LogP contribution is 2.46. The summed E-state index contributed by atoms with van der Waals surface area (Å²) in [6.45, 7) is 0. The molecule has 0 radical (unpaired) electrons. The van der Waals surface area contributed by atoms with Crippen molar-refractivity contribution < 1.29 is 4.79 Å². The lowest BCUT2D eigenvalue weighted by Gasteiger charge is -2.39. The molecule has 2 N–H and O–H groups in total. The van der Waals surface area contributed by atoms with Crippen LogP contribution in [0.1, 0.15) is 30.7 Å². The number of ketones is 1. The summed E-state index contributed by atoms with van der Waals surface area (Å²) in [5, 5.41) is 9.95. The zero-order chi connectivity index (χ0) is 19.8. The molecular formula is C21H16Br2N4O. The fourth-order valence-electron chi connectivity index (χ4n) is 3.84. The van der Waals surface area contributed by atoms with Crippen molar-refractivity contribution in [3.63, 3.8) is 0 Å². The first-order valence-corrected chi connectivity index (χ1v) is 10.4. The van der Waals surface area contributed by atoms with Crippen LogP contribution in [0.3, 0.4) is 0 Å². The first kappa shape index (κ1) is 18.9. The zero-order valence-electron chi connectivity index (χ0n) is 14.8. The van der Waals surface area contributed by atoms with Crippen molar-refractivity contribution >= 4 is 43.5 Å². The number of rotatable bonds is 2. The van der Waals surface area contributed by atoms with E-state index in [-0.39, 0.29) is 5.78 Å². The van der Waals surface area contributed by atoms with E-state index in [4.69, 9.17) is 5.73 Å². The first-order valence-electron chi connectivity index (χ1n) is 8.84. The van der Waals surface area contributed by atoms with Gasteiger partial charge < -0.3 is 5.73 Å². The van der Waals surface area contributed by atoms with Crippen LogP contribution < -0.4 is 10.6 Å². The van der Waals surface area contributed by atoms with E-state index in [2.05, 4.69) is 42.9 Å². The van der Waals surface area contributed by atoms with Crippen molar-refractivity contribution in [1.82, 2.24) is 4.98 Å². The molecule has 0 saturated heterocycles. The number of allylic oxidation sites excluding steroid dienone is 3. The maximum Gasteiger partial charge on any atom is 0.161 e. The number of nitrogens with two attached hydrogens (primary N) is 1. The first-order chi connectivity index (χ1) is 13.5. The summed E-state index contributed by atoms with van der Waals surface area (Å²) in [5.41, 5.74) is 9.25. The molecule has 0 bridgehead atoms. The van der Waals surface area contributed by atoms with Gasteiger partial charge in [-0.3, -0.25) is 9.69 Å². The molecule has 4 rings (SSSR count). The molecule has 28 heavy (non-hydrogen) atoms. The average molecular weight is 500 g/mol. The number of anilines is 1. The van der Waals surface area contributed by atoms with E-state index in [9.17, 15) is 10.1 Å². The van der Waals surface area contributed by atoms with Gasteiger partial charge in [0.25, 0.3) is 0 Å². The highest BCUT2D eigenvalue weighted by Gasteiger charge is 2.40. The van der Waals surface area contributed by atoms with Crippen LogP contribution in [0.5, 0.6) is 0 Å². The second-order valence-corrected chi connectivity index (χ2v) is 8.53. The van der Waals surface area contributed by atoms with Crippen molar-refractivity contribution in [3.05, 3.63) is 79.8 Å². The van der Waals surface area contributed by atoms with Crippen LogP contribution >= 0.6 is 31.9 Å². The van der Waals surface area contributed by atoms with E-state index in [1.54, 1.807) is 11.1 Å². The largest absolute Gasteiger partial charge is 0.384 e. The van der Waals surface area contributed by atoms with Gasteiger partial charge in [0, 0.05) is 32.8 Å². The lowest BCUT2D eigenvalue weighted by atomic mass is 9.75. The van der Waals surface area contributed by atoms with Gasteiger partial charge in [0.15, 0.2) is 5.78 Å².